The molecule has 1 N–H and O–H groups in total. The summed E-state index contributed by atoms with van der Waals surface area (Å²) >= 11 is 0. The molecule has 0 saturated carbocycles. The van der Waals surface area contributed by atoms with Gasteiger partial charge in [0.2, 0.25) is 0 Å². The molecule has 0 aliphatic heterocycles. The zero-order chi connectivity index (χ0) is 18.5. The average Bonchev–Trinajstić information content (AvgIpc) is 2.66. The number of hydrogen-bond acceptors (Lipinski definition) is 1. The zero-order valence-electron chi connectivity index (χ0n) is 15.9. The molecule has 1 unspecified atom stereocenters. The van der Waals surface area contributed by atoms with Crippen LogP contribution in [0.25, 0.3) is 0 Å². The number of aryl methyl sites for hydroxylation is 4. The third kappa shape index (κ3) is 4.61. The molecule has 0 aromatic heterocycles. The Morgan fingerprint density at radius 2 is 1.56 bits per heavy atom. The number of carbonyl (C=O) groups excluding carboxylic acids is 1. The number of amides is 1. The molecule has 0 spiro atoms. The maximum atomic E-state index is 13.1. The van der Waals surface area contributed by atoms with Crippen LogP contribution in [0.5, 0.6) is 0 Å². The lowest BCUT2D eigenvalue weighted by Gasteiger charge is -2.19. The van der Waals surface area contributed by atoms with Crippen LogP contribution in [0, 0.1) is 11.8 Å². The molecule has 2 nitrogen and oxygen atoms in total. The maximum Gasteiger partial charge on any atom is 0.251 e. The second-order valence-electron chi connectivity index (χ2n) is 7.78. The van der Waals surface area contributed by atoms with Crippen LogP contribution in [0.4, 0.5) is 0 Å². The van der Waals surface area contributed by atoms with Gasteiger partial charge in [0.05, 0.1) is 0 Å². The van der Waals surface area contributed by atoms with E-state index in [0.717, 1.165) is 68.9 Å². The van der Waals surface area contributed by atoms with E-state index in [2.05, 4.69) is 59.6 Å². The quantitative estimate of drug-likeness (QED) is 0.780. The van der Waals surface area contributed by atoms with Gasteiger partial charge >= 0.3 is 0 Å². The Morgan fingerprint density at radius 3 is 2.37 bits per heavy atom. The minimum absolute atomic E-state index is 0.0742. The van der Waals surface area contributed by atoms with Crippen molar-refractivity contribution in [1.82, 2.24) is 5.32 Å². The molecule has 1 atom stereocenters. The molecular weight excluding hydrogens is 330 g/mol. The lowest BCUT2D eigenvalue weighted by molar-refractivity contribution is 0.0934. The summed E-state index contributed by atoms with van der Waals surface area (Å²) in [6, 6.07) is 15.6. The second kappa shape index (κ2) is 8.44. The van der Waals surface area contributed by atoms with Crippen molar-refractivity contribution in [2.45, 2.75) is 63.8 Å². The summed E-state index contributed by atoms with van der Waals surface area (Å²) in [5.41, 5.74) is 5.95. The molecule has 2 heteroatoms. The first-order valence-electron chi connectivity index (χ1n) is 10.2. The van der Waals surface area contributed by atoms with E-state index < -0.39 is 0 Å². The predicted octanol–water partition coefficient (Wildman–Crippen LogP) is 4.64. The summed E-state index contributed by atoms with van der Waals surface area (Å²) in [5.74, 6) is 6.50. The lowest BCUT2D eigenvalue weighted by atomic mass is 9.92. The third-order valence-corrected chi connectivity index (χ3v) is 5.74. The highest BCUT2D eigenvalue weighted by Gasteiger charge is 2.17. The van der Waals surface area contributed by atoms with Gasteiger partial charge in [-0.2, -0.15) is 0 Å². The Bertz CT molecular complexity index is 869. The topological polar surface area (TPSA) is 29.1 Å². The van der Waals surface area contributed by atoms with Gasteiger partial charge in [-0.1, -0.05) is 42.8 Å². The minimum atomic E-state index is 0.0742. The summed E-state index contributed by atoms with van der Waals surface area (Å²) in [7, 11) is 0. The van der Waals surface area contributed by atoms with Crippen LogP contribution in [0.3, 0.4) is 0 Å². The monoisotopic (exact) mass is 357 g/mol. The molecule has 138 valence electrons. The van der Waals surface area contributed by atoms with E-state index in [1.807, 2.05) is 0 Å². The van der Waals surface area contributed by atoms with E-state index in [0.29, 0.717) is 0 Å². The number of benzene rings is 2. The molecule has 27 heavy (non-hydrogen) atoms. The summed E-state index contributed by atoms with van der Waals surface area (Å²) < 4.78 is 0. The summed E-state index contributed by atoms with van der Waals surface area (Å²) in [4.78, 5) is 13.1. The Labute approximate surface area is 162 Å². The fourth-order valence-electron chi connectivity index (χ4n) is 4.03. The van der Waals surface area contributed by atoms with E-state index in [1.165, 1.54) is 16.7 Å². The standard InChI is InChI=1S/C25H27NO/c27-25(26-23-6-4-2-1-3-5-7-23)24-18-21-13-12-19-8-10-20(11-9-19)14-16-22(24)17-15-21/h8-11,15,17-18,23H,1-2,4,6-7,12-14,16H2,(H,26,27). The van der Waals surface area contributed by atoms with Gasteiger partial charge in [0, 0.05) is 24.4 Å². The molecule has 0 heterocycles. The molecular formula is C25H27NO. The van der Waals surface area contributed by atoms with Crippen LogP contribution >= 0.6 is 0 Å². The second-order valence-corrected chi connectivity index (χ2v) is 7.78. The Kier molecular flexibility index (Phi) is 5.58. The molecule has 1 amide bonds. The van der Waals surface area contributed by atoms with E-state index >= 15 is 0 Å². The van der Waals surface area contributed by atoms with E-state index in [9.17, 15) is 4.79 Å². The molecule has 2 aromatic rings. The summed E-state index contributed by atoms with van der Waals surface area (Å²) in [6.45, 7) is 0. The highest BCUT2D eigenvalue weighted by atomic mass is 16.1. The van der Waals surface area contributed by atoms with E-state index in [4.69, 9.17) is 0 Å². The highest BCUT2D eigenvalue weighted by molar-refractivity contribution is 5.96. The van der Waals surface area contributed by atoms with Gasteiger partial charge in [-0.3, -0.25) is 4.79 Å². The van der Waals surface area contributed by atoms with Crippen molar-refractivity contribution in [2.75, 3.05) is 0 Å². The van der Waals surface area contributed by atoms with E-state index in [-0.39, 0.29) is 11.9 Å². The average molecular weight is 357 g/mol. The minimum Gasteiger partial charge on any atom is -0.348 e. The Hall–Kier alpha value is -2.53. The van der Waals surface area contributed by atoms with Crippen LogP contribution in [-0.2, 0) is 25.7 Å². The molecule has 5 aliphatic carbocycles. The van der Waals surface area contributed by atoms with Crippen molar-refractivity contribution >= 4 is 5.91 Å². The first-order chi connectivity index (χ1) is 13.3. The SMILES string of the molecule is O=C(NC1CC#CCCCC1)c1cc2ccc1CCc1ccc(cc1)CC2. The molecule has 2 aromatic carbocycles. The van der Waals surface area contributed by atoms with Crippen molar-refractivity contribution in [2.24, 2.45) is 0 Å². The maximum absolute atomic E-state index is 13.1. The van der Waals surface area contributed by atoms with Crippen molar-refractivity contribution in [1.29, 1.82) is 0 Å². The van der Waals surface area contributed by atoms with Crippen molar-refractivity contribution in [3.05, 3.63) is 70.3 Å². The van der Waals surface area contributed by atoms with Gasteiger partial charge in [0.1, 0.15) is 0 Å². The Morgan fingerprint density at radius 1 is 0.852 bits per heavy atom. The summed E-state index contributed by atoms with van der Waals surface area (Å²) in [5, 5.41) is 3.27. The van der Waals surface area contributed by atoms with Crippen LogP contribution in [0.1, 0.15) is 64.7 Å². The normalized spacial score (nSPS) is 19.0. The van der Waals surface area contributed by atoms with Gasteiger partial charge in [-0.15, -0.1) is 11.8 Å². The molecule has 0 fully saturated rings. The van der Waals surface area contributed by atoms with Gasteiger partial charge < -0.3 is 5.32 Å². The van der Waals surface area contributed by atoms with Crippen LogP contribution in [0.2, 0.25) is 0 Å². The predicted molar refractivity (Wildman–Crippen MR) is 110 cm³/mol. The molecule has 0 saturated heterocycles. The highest BCUT2D eigenvalue weighted by Crippen LogP contribution is 2.20. The zero-order valence-corrected chi connectivity index (χ0v) is 15.9. The molecule has 4 bridgehead atoms. The van der Waals surface area contributed by atoms with E-state index in [1.54, 1.807) is 0 Å². The van der Waals surface area contributed by atoms with Gasteiger partial charge in [0.15, 0.2) is 0 Å². The van der Waals surface area contributed by atoms with Crippen molar-refractivity contribution in [3.63, 3.8) is 0 Å². The molecule has 5 aliphatic rings. The molecule has 7 rings (SSSR count). The number of carbonyl (C=O) groups is 1. The fraction of sp³-hybridized carbons (Fsp3) is 0.400. The van der Waals surface area contributed by atoms with Gasteiger partial charge in [0.25, 0.3) is 5.91 Å². The number of hydrogen-bond donors (Lipinski definition) is 1. The smallest absolute Gasteiger partial charge is 0.251 e. The van der Waals surface area contributed by atoms with Crippen LogP contribution in [-0.4, -0.2) is 11.9 Å². The third-order valence-electron chi connectivity index (χ3n) is 5.74. The Balaban J connectivity index is 1.56. The van der Waals surface area contributed by atoms with Crippen LogP contribution in [0.15, 0.2) is 42.5 Å². The van der Waals surface area contributed by atoms with Gasteiger partial charge in [-0.05, 0) is 66.8 Å². The van der Waals surface area contributed by atoms with Crippen molar-refractivity contribution in [3.8, 4) is 11.8 Å². The number of nitrogens with one attached hydrogen (secondary N) is 1. The summed E-state index contributed by atoms with van der Waals surface area (Å²) in [6.07, 6.45) is 8.91. The fourth-order valence-corrected chi connectivity index (χ4v) is 4.03. The molecule has 0 radical (unpaired) electrons. The first kappa shape index (κ1) is 17.9. The number of rotatable bonds is 2. The van der Waals surface area contributed by atoms with Crippen LogP contribution < -0.4 is 5.32 Å². The first-order valence-corrected chi connectivity index (χ1v) is 10.2. The largest absolute Gasteiger partial charge is 0.348 e. The van der Waals surface area contributed by atoms with Gasteiger partial charge in [-0.25, -0.2) is 0 Å². The lowest BCUT2D eigenvalue weighted by Crippen LogP contribution is -2.35. The van der Waals surface area contributed by atoms with Crippen molar-refractivity contribution < 1.29 is 4.79 Å².